The van der Waals surface area contributed by atoms with Gasteiger partial charge in [-0.25, -0.2) is 4.99 Å². The third-order valence-corrected chi connectivity index (χ3v) is 4.46. The van der Waals surface area contributed by atoms with E-state index in [9.17, 15) is 4.79 Å². The molecule has 1 heterocycles. The Bertz CT molecular complexity index is 646. The van der Waals surface area contributed by atoms with Gasteiger partial charge in [0.1, 0.15) is 0 Å². The summed E-state index contributed by atoms with van der Waals surface area (Å²) < 4.78 is 11.2. The summed E-state index contributed by atoms with van der Waals surface area (Å²) in [5.74, 6) is 2.51. The lowest BCUT2D eigenvalue weighted by molar-refractivity contribution is -0.130. The second-order valence-corrected chi connectivity index (χ2v) is 6.50. The van der Waals surface area contributed by atoms with Crippen molar-refractivity contribution in [2.45, 2.75) is 33.7 Å². The van der Waals surface area contributed by atoms with Crippen LogP contribution in [-0.4, -0.2) is 68.1 Å². The van der Waals surface area contributed by atoms with Crippen LogP contribution in [0, 0.1) is 0 Å². The van der Waals surface area contributed by atoms with E-state index < -0.39 is 0 Å². The number of nitrogens with one attached hydrogen (secondary N) is 1. The van der Waals surface area contributed by atoms with Crippen molar-refractivity contribution in [3.8, 4) is 11.5 Å². The van der Waals surface area contributed by atoms with Crippen LogP contribution < -0.4 is 14.8 Å². The number of nitrogens with zero attached hydrogens (tertiary/aromatic N) is 3. The molecular formula is C20H33IN4O3. The molecule has 1 aliphatic rings. The first-order valence-corrected chi connectivity index (χ1v) is 9.67. The van der Waals surface area contributed by atoms with E-state index in [1.165, 1.54) is 0 Å². The van der Waals surface area contributed by atoms with Crippen LogP contribution in [0.15, 0.2) is 23.2 Å². The van der Waals surface area contributed by atoms with Crippen LogP contribution in [0.5, 0.6) is 11.5 Å². The van der Waals surface area contributed by atoms with E-state index in [1.807, 2.05) is 23.1 Å². The van der Waals surface area contributed by atoms with E-state index in [1.54, 1.807) is 14.0 Å². The molecule has 0 bridgehead atoms. The number of hydrogen-bond donors (Lipinski definition) is 1. The van der Waals surface area contributed by atoms with Crippen LogP contribution in [0.3, 0.4) is 0 Å². The van der Waals surface area contributed by atoms with Crippen molar-refractivity contribution < 1.29 is 14.3 Å². The molecule has 0 atom stereocenters. The van der Waals surface area contributed by atoms with Gasteiger partial charge in [0.25, 0.3) is 0 Å². The van der Waals surface area contributed by atoms with Crippen molar-refractivity contribution in [3.05, 3.63) is 23.8 Å². The summed E-state index contributed by atoms with van der Waals surface area (Å²) in [6.07, 6.45) is 0.956. The van der Waals surface area contributed by atoms with E-state index >= 15 is 0 Å². The molecule has 1 aromatic carbocycles. The second kappa shape index (κ2) is 12.7. The Kier molecular flexibility index (Phi) is 11.0. The maximum atomic E-state index is 11.5. The number of ether oxygens (including phenoxy) is 2. The highest BCUT2D eigenvalue weighted by atomic mass is 127. The van der Waals surface area contributed by atoms with Crippen molar-refractivity contribution in [1.82, 2.24) is 15.1 Å². The van der Waals surface area contributed by atoms with Crippen molar-refractivity contribution in [2.24, 2.45) is 4.99 Å². The number of carbonyl (C=O) groups is 1. The summed E-state index contributed by atoms with van der Waals surface area (Å²) in [6.45, 7) is 10.8. The highest BCUT2D eigenvalue weighted by Gasteiger charge is 2.20. The maximum Gasteiger partial charge on any atom is 0.219 e. The van der Waals surface area contributed by atoms with E-state index in [0.29, 0.717) is 13.2 Å². The number of methoxy groups -OCH3 is 1. The zero-order valence-electron chi connectivity index (χ0n) is 17.4. The predicted molar refractivity (Wildman–Crippen MR) is 123 cm³/mol. The van der Waals surface area contributed by atoms with Crippen LogP contribution in [0.2, 0.25) is 0 Å². The molecule has 0 radical (unpaired) electrons. The quantitative estimate of drug-likeness (QED) is 0.352. The molecule has 1 amide bonds. The molecule has 2 rings (SSSR count). The molecule has 28 heavy (non-hydrogen) atoms. The third-order valence-electron chi connectivity index (χ3n) is 4.46. The highest BCUT2D eigenvalue weighted by Crippen LogP contribution is 2.28. The number of rotatable bonds is 7. The van der Waals surface area contributed by atoms with Gasteiger partial charge in [-0.15, -0.1) is 24.0 Å². The van der Waals surface area contributed by atoms with Gasteiger partial charge in [0.05, 0.1) is 20.3 Å². The molecule has 1 saturated heterocycles. The molecule has 1 fully saturated rings. The molecule has 1 N–H and O–H groups in total. The van der Waals surface area contributed by atoms with Gasteiger partial charge in [0.15, 0.2) is 17.5 Å². The van der Waals surface area contributed by atoms with Gasteiger partial charge in [-0.2, -0.15) is 0 Å². The van der Waals surface area contributed by atoms with Gasteiger partial charge in [-0.3, -0.25) is 4.79 Å². The number of guanidine groups is 1. The van der Waals surface area contributed by atoms with Gasteiger partial charge in [0.2, 0.25) is 5.91 Å². The lowest BCUT2D eigenvalue weighted by Crippen LogP contribution is -2.53. The van der Waals surface area contributed by atoms with Gasteiger partial charge in [0, 0.05) is 39.6 Å². The standard InChI is InChI=1S/C20H32N4O3.HI/c1-5-13-27-18-8-7-17(14-19(18)26-4)15-22-20(21-6-2)24-11-9-23(10-12-24)16(3)25;/h7-8,14H,5-6,9-13,15H2,1-4H3,(H,21,22);1H. The fourth-order valence-electron chi connectivity index (χ4n) is 2.97. The summed E-state index contributed by atoms with van der Waals surface area (Å²) in [6, 6.07) is 5.94. The molecule has 1 aliphatic heterocycles. The Balaban J connectivity index is 0.00000392. The SMILES string of the molecule is CCCOc1ccc(CN=C(NCC)N2CCN(C(C)=O)CC2)cc1OC.I. The molecule has 0 spiro atoms. The van der Waals surface area contributed by atoms with E-state index in [-0.39, 0.29) is 29.9 Å². The fourth-order valence-corrected chi connectivity index (χ4v) is 2.97. The van der Waals surface area contributed by atoms with Crippen LogP contribution in [0.4, 0.5) is 0 Å². The summed E-state index contributed by atoms with van der Waals surface area (Å²) in [7, 11) is 1.65. The third kappa shape index (κ3) is 7.03. The molecule has 8 heteroatoms. The number of hydrogen-bond acceptors (Lipinski definition) is 4. The number of amides is 1. The molecule has 0 saturated carbocycles. The number of benzene rings is 1. The maximum absolute atomic E-state index is 11.5. The van der Waals surface area contributed by atoms with E-state index in [2.05, 4.69) is 24.1 Å². The minimum atomic E-state index is 0. The lowest BCUT2D eigenvalue weighted by atomic mass is 10.2. The Labute approximate surface area is 185 Å². The zero-order chi connectivity index (χ0) is 19.6. The minimum absolute atomic E-state index is 0. The van der Waals surface area contributed by atoms with Gasteiger partial charge >= 0.3 is 0 Å². The van der Waals surface area contributed by atoms with Gasteiger partial charge in [-0.1, -0.05) is 13.0 Å². The Morgan fingerprint density at radius 1 is 1.14 bits per heavy atom. The molecular weight excluding hydrogens is 471 g/mol. The zero-order valence-corrected chi connectivity index (χ0v) is 19.7. The molecule has 0 unspecified atom stereocenters. The molecule has 1 aromatic rings. The van der Waals surface area contributed by atoms with Gasteiger partial charge < -0.3 is 24.6 Å². The largest absolute Gasteiger partial charge is 0.493 e. The topological polar surface area (TPSA) is 66.4 Å². The number of aliphatic imine (C=N–C) groups is 1. The molecule has 158 valence electrons. The highest BCUT2D eigenvalue weighted by molar-refractivity contribution is 14.0. The Hall–Kier alpha value is -1.71. The van der Waals surface area contributed by atoms with Crippen LogP contribution >= 0.6 is 24.0 Å². The average molecular weight is 504 g/mol. The summed E-state index contributed by atoms with van der Waals surface area (Å²) in [4.78, 5) is 20.4. The number of halogens is 1. The van der Waals surface area contributed by atoms with Crippen molar-refractivity contribution >= 4 is 35.8 Å². The van der Waals surface area contributed by atoms with Crippen LogP contribution in [0.1, 0.15) is 32.8 Å². The summed E-state index contributed by atoms with van der Waals surface area (Å²) >= 11 is 0. The monoisotopic (exact) mass is 504 g/mol. The summed E-state index contributed by atoms with van der Waals surface area (Å²) in [5, 5.41) is 3.35. The van der Waals surface area contributed by atoms with Crippen LogP contribution in [0.25, 0.3) is 0 Å². The molecule has 7 nitrogen and oxygen atoms in total. The Morgan fingerprint density at radius 3 is 2.39 bits per heavy atom. The van der Waals surface area contributed by atoms with Crippen molar-refractivity contribution in [3.63, 3.8) is 0 Å². The summed E-state index contributed by atoms with van der Waals surface area (Å²) in [5.41, 5.74) is 1.06. The van der Waals surface area contributed by atoms with E-state index in [4.69, 9.17) is 14.5 Å². The fraction of sp³-hybridized carbons (Fsp3) is 0.600. The minimum Gasteiger partial charge on any atom is -0.493 e. The molecule has 0 aliphatic carbocycles. The van der Waals surface area contributed by atoms with Crippen molar-refractivity contribution in [2.75, 3.05) is 46.4 Å². The first-order valence-electron chi connectivity index (χ1n) is 9.67. The predicted octanol–water partition coefficient (Wildman–Crippen LogP) is 2.73. The normalized spacial score (nSPS) is 14.4. The smallest absolute Gasteiger partial charge is 0.219 e. The first-order chi connectivity index (χ1) is 13.1. The van der Waals surface area contributed by atoms with E-state index in [0.717, 1.165) is 62.2 Å². The molecule has 0 aromatic heterocycles. The van der Waals surface area contributed by atoms with Crippen molar-refractivity contribution in [1.29, 1.82) is 0 Å². The number of piperazine rings is 1. The van der Waals surface area contributed by atoms with Gasteiger partial charge in [-0.05, 0) is 31.0 Å². The second-order valence-electron chi connectivity index (χ2n) is 6.50. The number of carbonyl (C=O) groups excluding carboxylic acids is 1. The first kappa shape index (κ1) is 24.3. The average Bonchev–Trinajstić information content (AvgIpc) is 2.69. The Morgan fingerprint density at radius 2 is 1.82 bits per heavy atom. The van der Waals surface area contributed by atoms with Crippen LogP contribution in [-0.2, 0) is 11.3 Å². The lowest BCUT2D eigenvalue weighted by Gasteiger charge is -2.36.